The molecule has 9 heterocycles. The predicted octanol–water partition coefficient (Wildman–Crippen LogP) is 4.16. The van der Waals surface area contributed by atoms with E-state index in [2.05, 4.69) is 55.2 Å². The summed E-state index contributed by atoms with van der Waals surface area (Å²) in [5.74, 6) is 0.967. The van der Waals surface area contributed by atoms with Gasteiger partial charge in [0, 0.05) is 79.9 Å². The van der Waals surface area contributed by atoms with Crippen molar-refractivity contribution >= 4 is 28.1 Å². The van der Waals surface area contributed by atoms with E-state index in [9.17, 15) is 9.65 Å². The fraction of sp³-hybridized carbons (Fsp3) is 0.333. The highest BCUT2D eigenvalue weighted by Gasteiger charge is 2.44. The van der Waals surface area contributed by atoms with Crippen molar-refractivity contribution in [3.8, 4) is 17.2 Å². The minimum atomic E-state index is -0.821. The number of hydrogen-bond donors (Lipinski definition) is 1. The Morgan fingerprint density at radius 2 is 1.93 bits per heavy atom. The van der Waals surface area contributed by atoms with Gasteiger partial charge in [-0.15, -0.1) is 0 Å². The van der Waals surface area contributed by atoms with Crippen LogP contribution in [0.4, 0.5) is 15.9 Å². The minimum absolute atomic E-state index is 0.375. The maximum atomic E-state index is 14.0. The third kappa shape index (κ3) is 3.80. The van der Waals surface area contributed by atoms with Gasteiger partial charge >= 0.3 is 0 Å². The third-order valence-electron chi connectivity index (χ3n) is 8.76. The van der Waals surface area contributed by atoms with Crippen molar-refractivity contribution in [2.75, 3.05) is 36.0 Å². The largest absolute Gasteiger partial charge is 0.367 e. The Morgan fingerprint density at radius 1 is 1.02 bits per heavy atom. The summed E-state index contributed by atoms with van der Waals surface area (Å²) in [6, 6.07) is 13.8. The Kier molecular flexibility index (Phi) is 5.28. The molecule has 9 rings (SSSR count). The zero-order valence-corrected chi connectivity index (χ0v) is 21.9. The van der Waals surface area contributed by atoms with Gasteiger partial charge in [-0.1, -0.05) is 0 Å². The Hall–Kier alpha value is -4.49. The molecular formula is C30H28FN9. The lowest BCUT2D eigenvalue weighted by molar-refractivity contribution is -0.00871. The lowest BCUT2D eigenvalue weighted by Crippen LogP contribution is -2.68. The van der Waals surface area contributed by atoms with Crippen LogP contribution < -0.4 is 9.80 Å². The molecule has 4 aliphatic rings. The molecule has 3 atom stereocenters. The average Bonchev–Trinajstić information content (AvgIpc) is 3.75. The van der Waals surface area contributed by atoms with Crippen LogP contribution in [0.3, 0.4) is 0 Å². The van der Waals surface area contributed by atoms with Gasteiger partial charge in [0.15, 0.2) is 0 Å². The van der Waals surface area contributed by atoms with Crippen LogP contribution in [0, 0.1) is 11.3 Å². The molecule has 5 aromatic heterocycles. The maximum absolute atomic E-state index is 14.0. The van der Waals surface area contributed by atoms with Crippen molar-refractivity contribution in [2.45, 2.75) is 37.6 Å². The molecule has 0 radical (unpaired) electrons. The zero-order chi connectivity index (χ0) is 26.8. The van der Waals surface area contributed by atoms with E-state index in [-0.39, 0.29) is 0 Å². The standard InChI is InChI=1S/C30H28FN9/c31-23-4-6-37(15-23)24-9-27(29-22(10-32)13-36-40(29)18-24)21-1-2-28(34-12-21)38-16-25-8-26(17-38)39(25)14-19-7-20-3-5-33-30(20)35-11-19/h1-3,5,7,9,11-13,18,23,25-26H,4,6,8,14-17H2,(H,33,35)/t23-,25?,26?/m1/s1. The molecule has 4 aliphatic heterocycles. The van der Waals surface area contributed by atoms with Crippen LogP contribution in [-0.4, -0.2) is 73.9 Å². The molecule has 10 heteroatoms. The lowest BCUT2D eigenvalue weighted by Gasteiger charge is -2.56. The van der Waals surface area contributed by atoms with Crippen LogP contribution in [0.2, 0.25) is 0 Å². The molecule has 40 heavy (non-hydrogen) atoms. The minimum Gasteiger partial charge on any atom is -0.367 e. The summed E-state index contributed by atoms with van der Waals surface area (Å²) >= 11 is 0. The molecule has 0 amide bonds. The quantitative estimate of drug-likeness (QED) is 0.363. The lowest BCUT2D eigenvalue weighted by atomic mass is 9.87. The first-order valence-electron chi connectivity index (χ1n) is 13.8. The van der Waals surface area contributed by atoms with E-state index in [1.807, 2.05) is 35.8 Å². The number of fused-ring (bicyclic) bond motifs is 4. The molecular weight excluding hydrogens is 505 g/mol. The van der Waals surface area contributed by atoms with Gasteiger partial charge in [0.1, 0.15) is 23.7 Å². The number of nitrogens with zero attached hydrogens (tertiary/aromatic N) is 8. The van der Waals surface area contributed by atoms with Crippen molar-refractivity contribution < 1.29 is 4.39 Å². The van der Waals surface area contributed by atoms with E-state index in [1.54, 1.807) is 10.7 Å². The van der Waals surface area contributed by atoms with Crippen LogP contribution in [0.25, 0.3) is 27.7 Å². The summed E-state index contributed by atoms with van der Waals surface area (Å²) in [5.41, 5.74) is 6.15. The normalized spacial score (nSPS) is 22.6. The highest BCUT2D eigenvalue weighted by atomic mass is 19.1. The molecule has 4 fully saturated rings. The molecule has 1 N–H and O–H groups in total. The first-order valence-corrected chi connectivity index (χ1v) is 13.8. The van der Waals surface area contributed by atoms with Gasteiger partial charge in [-0.2, -0.15) is 10.4 Å². The van der Waals surface area contributed by atoms with Crippen LogP contribution in [0.5, 0.6) is 0 Å². The molecule has 0 spiro atoms. The molecule has 5 aromatic rings. The van der Waals surface area contributed by atoms with Crippen LogP contribution in [-0.2, 0) is 6.54 Å². The number of piperidine rings is 1. The fourth-order valence-corrected chi connectivity index (χ4v) is 6.68. The van der Waals surface area contributed by atoms with E-state index >= 15 is 0 Å². The van der Waals surface area contributed by atoms with Gasteiger partial charge in [0.05, 0.1) is 29.2 Å². The molecule has 0 aromatic carbocycles. The smallest absolute Gasteiger partial charge is 0.137 e. The first-order chi connectivity index (χ1) is 19.6. The number of anilines is 2. The average molecular weight is 534 g/mol. The number of rotatable bonds is 5. The molecule has 2 bridgehead atoms. The van der Waals surface area contributed by atoms with Crippen molar-refractivity contribution in [1.29, 1.82) is 5.26 Å². The van der Waals surface area contributed by atoms with Crippen LogP contribution in [0.1, 0.15) is 24.0 Å². The summed E-state index contributed by atoms with van der Waals surface area (Å²) in [5, 5.41) is 15.3. The summed E-state index contributed by atoms with van der Waals surface area (Å²) in [4.78, 5) is 19.6. The SMILES string of the molecule is N#Cc1cnn2cc(N3CC[C@@H](F)C3)cc(-c3ccc(N4CC5CC(C4)N5Cc4cnc5[nH]ccc5c4)nc3)c12. The molecule has 0 saturated carbocycles. The van der Waals surface area contributed by atoms with Gasteiger partial charge < -0.3 is 14.8 Å². The number of hydrogen-bond acceptors (Lipinski definition) is 7. The number of alkyl halides is 1. The summed E-state index contributed by atoms with van der Waals surface area (Å²) in [7, 11) is 0. The highest BCUT2D eigenvalue weighted by Crippen LogP contribution is 2.37. The van der Waals surface area contributed by atoms with E-state index in [1.165, 1.54) is 12.0 Å². The molecule has 0 aliphatic carbocycles. The van der Waals surface area contributed by atoms with Crippen molar-refractivity contribution in [3.63, 3.8) is 0 Å². The number of piperazine rings is 1. The second-order valence-electron chi connectivity index (χ2n) is 11.2. The van der Waals surface area contributed by atoms with Gasteiger partial charge in [-0.25, -0.2) is 18.9 Å². The Labute approximate surface area is 230 Å². The van der Waals surface area contributed by atoms with Crippen molar-refractivity contribution in [1.82, 2.24) is 29.5 Å². The number of halogens is 1. The first kappa shape index (κ1) is 23.4. The molecule has 200 valence electrons. The van der Waals surface area contributed by atoms with Gasteiger partial charge in [0.25, 0.3) is 0 Å². The van der Waals surface area contributed by atoms with Gasteiger partial charge in [0.2, 0.25) is 0 Å². The molecule has 4 saturated heterocycles. The predicted molar refractivity (Wildman–Crippen MR) is 151 cm³/mol. The highest BCUT2D eigenvalue weighted by molar-refractivity contribution is 5.86. The van der Waals surface area contributed by atoms with E-state index in [4.69, 9.17) is 4.98 Å². The van der Waals surface area contributed by atoms with Crippen molar-refractivity contribution in [2.24, 2.45) is 0 Å². The van der Waals surface area contributed by atoms with Gasteiger partial charge in [-0.05, 0) is 48.7 Å². The number of nitriles is 1. The van der Waals surface area contributed by atoms with Crippen LogP contribution >= 0.6 is 0 Å². The van der Waals surface area contributed by atoms with Gasteiger partial charge in [-0.3, -0.25) is 4.90 Å². The van der Waals surface area contributed by atoms with E-state index < -0.39 is 6.17 Å². The monoisotopic (exact) mass is 533 g/mol. The van der Waals surface area contributed by atoms with Crippen LogP contribution in [0.15, 0.2) is 61.3 Å². The van der Waals surface area contributed by atoms with E-state index in [0.29, 0.717) is 37.2 Å². The Bertz CT molecular complexity index is 1760. The third-order valence-corrected chi connectivity index (χ3v) is 8.76. The molecule has 2 unspecified atom stereocenters. The maximum Gasteiger partial charge on any atom is 0.137 e. The number of aromatic nitrogens is 5. The number of pyridine rings is 3. The topological polar surface area (TPSA) is 92.4 Å². The Morgan fingerprint density at radius 3 is 2.70 bits per heavy atom. The second-order valence-corrected chi connectivity index (χ2v) is 11.2. The Balaban J connectivity index is 1.03. The number of H-pyrrole nitrogens is 1. The number of nitrogens with one attached hydrogen (secondary N) is 1. The summed E-state index contributed by atoms with van der Waals surface area (Å²) in [6.07, 6.45) is 10.2. The summed E-state index contributed by atoms with van der Waals surface area (Å²) in [6.45, 7) is 3.86. The van der Waals surface area contributed by atoms with Crippen molar-refractivity contribution in [3.05, 3.63) is 72.4 Å². The summed E-state index contributed by atoms with van der Waals surface area (Å²) < 4.78 is 15.7. The number of aromatic amines is 1. The van der Waals surface area contributed by atoms with E-state index in [0.717, 1.165) is 58.8 Å². The zero-order valence-electron chi connectivity index (χ0n) is 21.9. The fourth-order valence-electron chi connectivity index (χ4n) is 6.68. The molecule has 9 nitrogen and oxygen atoms in total. The second kappa shape index (κ2) is 9.03.